The molecule has 0 unspecified atom stereocenters. The summed E-state index contributed by atoms with van der Waals surface area (Å²) in [5, 5.41) is 2.17. The van der Waals surface area contributed by atoms with E-state index in [1.165, 1.54) is 16.7 Å². The molecule has 5 nitrogen and oxygen atoms in total. The SMILES string of the molecule is [2H]C([2H])([2H])c1cc(C(C)(C)C)c(-[n+]2[c-]n(-c3[c-]c(Oc4[c-]c5c(cc4)c4ccccc4n5-c4cc(C(C)(C)C)ccn4)ccc3)c3cc(-c4cc(C(C)(C)C)cc(C(C)(C)C)c4)ccc32)c(C(C)(C)C)c1.[Pt]. The van der Waals surface area contributed by atoms with Crippen molar-refractivity contribution >= 4 is 32.8 Å². The minimum atomic E-state index is -2.29. The van der Waals surface area contributed by atoms with Crippen LogP contribution in [0.15, 0.2) is 121 Å². The molecule has 3 aromatic heterocycles. The largest absolute Gasteiger partial charge is 0.510 e. The molecule has 6 aromatic carbocycles. The van der Waals surface area contributed by atoms with E-state index in [2.05, 4.69) is 215 Å². The predicted octanol–water partition coefficient (Wildman–Crippen LogP) is 16.1. The Morgan fingerprint density at radius 3 is 1.81 bits per heavy atom. The van der Waals surface area contributed by atoms with E-state index in [0.717, 1.165) is 72.3 Å². The van der Waals surface area contributed by atoms with Crippen molar-refractivity contribution in [1.82, 2.24) is 14.1 Å². The quantitative estimate of drug-likeness (QED) is 0.123. The van der Waals surface area contributed by atoms with Crippen LogP contribution in [0.4, 0.5) is 0 Å². The van der Waals surface area contributed by atoms with Gasteiger partial charge in [-0.05, 0) is 108 Å². The van der Waals surface area contributed by atoms with E-state index in [1.54, 1.807) is 0 Å². The molecular formula is C63H68N4OPt-2. The molecule has 0 bridgehead atoms. The van der Waals surface area contributed by atoms with Crippen LogP contribution in [0.3, 0.4) is 0 Å². The Bertz CT molecular complexity index is 3460. The van der Waals surface area contributed by atoms with Crippen molar-refractivity contribution in [3.05, 3.63) is 173 Å². The van der Waals surface area contributed by atoms with Crippen molar-refractivity contribution in [2.24, 2.45) is 0 Å². The molecule has 0 aliphatic rings. The molecular weight excluding hydrogens is 1020 g/mol. The van der Waals surface area contributed by atoms with Gasteiger partial charge in [-0.3, -0.25) is 4.57 Å². The van der Waals surface area contributed by atoms with Gasteiger partial charge in [0.1, 0.15) is 5.82 Å². The molecule has 0 aliphatic heterocycles. The van der Waals surface area contributed by atoms with Crippen LogP contribution in [0.1, 0.15) is 141 Å². The number of fused-ring (bicyclic) bond motifs is 4. The van der Waals surface area contributed by atoms with E-state index in [9.17, 15) is 0 Å². The molecule has 6 heteroatoms. The zero-order valence-electron chi connectivity index (χ0n) is 46.1. The number of imidazole rings is 1. The third kappa shape index (κ3) is 9.61. The van der Waals surface area contributed by atoms with Crippen LogP contribution in [0.25, 0.3) is 61.2 Å². The van der Waals surface area contributed by atoms with Crippen molar-refractivity contribution in [3.63, 3.8) is 0 Å². The predicted molar refractivity (Wildman–Crippen MR) is 284 cm³/mol. The molecule has 0 saturated carbocycles. The molecule has 0 aliphatic carbocycles. The van der Waals surface area contributed by atoms with Crippen LogP contribution in [-0.4, -0.2) is 14.1 Å². The molecule has 0 amide bonds. The number of hydrogen-bond donors (Lipinski definition) is 0. The molecule has 9 aromatic rings. The summed E-state index contributed by atoms with van der Waals surface area (Å²) in [5.74, 6) is 1.89. The number of rotatable bonds is 6. The van der Waals surface area contributed by atoms with Crippen LogP contribution >= 0.6 is 0 Å². The van der Waals surface area contributed by atoms with Crippen molar-refractivity contribution < 1.29 is 34.5 Å². The van der Waals surface area contributed by atoms with Crippen LogP contribution in [0, 0.1) is 25.3 Å². The molecule has 0 radical (unpaired) electrons. The molecule has 0 spiro atoms. The number of aryl methyl sites for hydroxylation is 1. The number of nitrogens with zero attached hydrogens (tertiary/aromatic N) is 4. The van der Waals surface area contributed by atoms with Gasteiger partial charge in [-0.2, -0.15) is 18.2 Å². The molecule has 0 N–H and O–H groups in total. The standard InChI is InChI=1S/C63H68N4O.Pt/c1-40-30-51(62(11,12)13)58(52(31-40)63(14,15)16)66-39-65(56-34-41(24-27-54(56)66)42-32-44(60(5,6)7)35-45(33-42)61(8,9)10)46-20-19-21-47(37-46)68-48-25-26-50-49-22-17-18-23-53(49)67(55(50)38-48)57-36-43(28-29-64-57)59(2,3)4;/h17-36H,1-16H3;/q-2;/i1D3;. The Kier molecular flexibility index (Phi) is 11.6. The maximum absolute atomic E-state index is 8.55. The molecule has 3 heterocycles. The summed E-state index contributed by atoms with van der Waals surface area (Å²) in [6.07, 6.45) is 5.70. The normalized spacial score (nSPS) is 13.6. The third-order valence-corrected chi connectivity index (χ3v) is 13.2. The number of pyridine rings is 1. The second-order valence-electron chi connectivity index (χ2n) is 23.8. The number of para-hydroxylation sites is 1. The maximum Gasteiger partial charge on any atom is 0.268 e. The Hall–Kier alpha value is -5.77. The first-order valence-electron chi connectivity index (χ1n) is 25.5. The topological polar surface area (TPSA) is 35.9 Å². The van der Waals surface area contributed by atoms with Gasteiger partial charge in [0.25, 0.3) is 6.33 Å². The van der Waals surface area contributed by atoms with Crippen LogP contribution in [0.2, 0.25) is 0 Å². The zero-order chi connectivity index (χ0) is 51.4. The van der Waals surface area contributed by atoms with Gasteiger partial charge < -0.3 is 13.9 Å². The average molecular weight is 1100 g/mol. The molecule has 358 valence electrons. The molecule has 0 saturated heterocycles. The zero-order valence-corrected chi connectivity index (χ0v) is 45.3. The number of hydrogen-bond acceptors (Lipinski definition) is 2. The average Bonchev–Trinajstić information content (AvgIpc) is 3.82. The second kappa shape index (κ2) is 17.6. The fraction of sp³-hybridized carbons (Fsp3) is 0.333. The molecule has 9 rings (SSSR count). The monoisotopic (exact) mass is 1090 g/mol. The van der Waals surface area contributed by atoms with Crippen molar-refractivity contribution in [1.29, 1.82) is 0 Å². The summed E-state index contributed by atoms with van der Waals surface area (Å²) in [4.78, 5) is 4.87. The van der Waals surface area contributed by atoms with Crippen molar-refractivity contribution in [2.75, 3.05) is 0 Å². The second-order valence-corrected chi connectivity index (χ2v) is 23.8. The fourth-order valence-corrected chi connectivity index (χ4v) is 9.24. The summed E-state index contributed by atoms with van der Waals surface area (Å²) >= 11 is 0. The summed E-state index contributed by atoms with van der Waals surface area (Å²) in [6, 6.07) is 47.4. The van der Waals surface area contributed by atoms with E-state index in [-0.39, 0.29) is 37.3 Å². The molecule has 0 fully saturated rings. The first kappa shape index (κ1) is 45.7. The van der Waals surface area contributed by atoms with Gasteiger partial charge in [0.2, 0.25) is 0 Å². The maximum atomic E-state index is 8.55. The van der Waals surface area contributed by atoms with Gasteiger partial charge in [0.15, 0.2) is 0 Å². The van der Waals surface area contributed by atoms with Gasteiger partial charge in [-0.25, -0.2) is 4.98 Å². The smallest absolute Gasteiger partial charge is 0.268 e. The van der Waals surface area contributed by atoms with Crippen LogP contribution < -0.4 is 9.30 Å². The first-order chi connectivity index (χ1) is 33.0. The summed E-state index contributed by atoms with van der Waals surface area (Å²) in [6.45, 7) is 30.9. The first-order valence-corrected chi connectivity index (χ1v) is 24.0. The Morgan fingerprint density at radius 1 is 0.551 bits per heavy atom. The van der Waals surface area contributed by atoms with E-state index in [4.69, 9.17) is 13.8 Å². The third-order valence-electron chi connectivity index (χ3n) is 13.2. The summed E-state index contributed by atoms with van der Waals surface area (Å²) in [5.41, 5.74) is 12.5. The van der Waals surface area contributed by atoms with Gasteiger partial charge in [-0.1, -0.05) is 176 Å². The van der Waals surface area contributed by atoms with Gasteiger partial charge in [0, 0.05) is 48.4 Å². The van der Waals surface area contributed by atoms with E-state index in [1.807, 2.05) is 42.6 Å². The van der Waals surface area contributed by atoms with Crippen molar-refractivity contribution in [3.8, 4) is 39.8 Å². The molecule has 69 heavy (non-hydrogen) atoms. The van der Waals surface area contributed by atoms with Crippen molar-refractivity contribution in [2.45, 2.75) is 138 Å². The minimum Gasteiger partial charge on any atom is -0.510 e. The number of ether oxygens (including phenoxy) is 1. The summed E-state index contributed by atoms with van der Waals surface area (Å²) in [7, 11) is 0. The fourth-order valence-electron chi connectivity index (χ4n) is 9.24. The van der Waals surface area contributed by atoms with E-state index >= 15 is 0 Å². The van der Waals surface area contributed by atoms with Gasteiger partial charge in [-0.15, -0.1) is 29.7 Å². The molecule has 0 atom stereocenters. The Morgan fingerprint density at radius 2 is 1.19 bits per heavy atom. The summed E-state index contributed by atoms with van der Waals surface area (Å²) < 4.78 is 38.8. The van der Waals surface area contributed by atoms with Gasteiger partial charge >= 0.3 is 0 Å². The van der Waals surface area contributed by atoms with Crippen LogP contribution in [-0.2, 0) is 48.1 Å². The Labute approximate surface area is 430 Å². The van der Waals surface area contributed by atoms with E-state index in [0.29, 0.717) is 17.1 Å². The van der Waals surface area contributed by atoms with Gasteiger partial charge in [0.05, 0.1) is 16.7 Å². The number of benzene rings is 6. The number of aromatic nitrogens is 4. The van der Waals surface area contributed by atoms with E-state index < -0.39 is 17.7 Å². The Balaban J connectivity index is 0.00000693. The minimum absolute atomic E-state index is 0. The van der Waals surface area contributed by atoms with Crippen LogP contribution in [0.5, 0.6) is 11.5 Å².